The zero-order valence-corrected chi connectivity index (χ0v) is 11.8. The standard InChI is InChI=1S/C16H17N3O2/c1-12(16-8-7-15(11-18-16)19(20)21)9-14(17)10-13-5-3-2-4-6-13/h2-8,11-12,17H,9-10H2,1H3. The first-order valence-corrected chi connectivity index (χ1v) is 6.77. The number of aromatic nitrogens is 1. The van der Waals surface area contributed by atoms with Crippen LogP contribution in [0.4, 0.5) is 5.69 Å². The van der Waals surface area contributed by atoms with Crippen molar-refractivity contribution in [3.05, 3.63) is 70.0 Å². The van der Waals surface area contributed by atoms with E-state index in [-0.39, 0.29) is 11.6 Å². The summed E-state index contributed by atoms with van der Waals surface area (Å²) in [5.74, 6) is 0.0713. The number of nitrogens with one attached hydrogen (secondary N) is 1. The van der Waals surface area contributed by atoms with Crippen molar-refractivity contribution in [2.75, 3.05) is 0 Å². The number of nitrogens with zero attached hydrogens (tertiary/aromatic N) is 2. The molecule has 0 radical (unpaired) electrons. The Morgan fingerprint density at radius 1 is 1.29 bits per heavy atom. The highest BCUT2D eigenvalue weighted by Gasteiger charge is 2.12. The molecule has 2 aromatic rings. The van der Waals surface area contributed by atoms with Gasteiger partial charge in [-0.3, -0.25) is 15.1 Å². The van der Waals surface area contributed by atoms with Gasteiger partial charge in [-0.1, -0.05) is 37.3 Å². The highest BCUT2D eigenvalue weighted by molar-refractivity contribution is 5.84. The number of hydrogen-bond donors (Lipinski definition) is 1. The number of hydrogen-bond acceptors (Lipinski definition) is 4. The molecular weight excluding hydrogens is 266 g/mol. The summed E-state index contributed by atoms with van der Waals surface area (Å²) in [5, 5.41) is 18.7. The lowest BCUT2D eigenvalue weighted by Crippen LogP contribution is -2.08. The fourth-order valence-corrected chi connectivity index (χ4v) is 2.19. The van der Waals surface area contributed by atoms with Crippen LogP contribution in [0.5, 0.6) is 0 Å². The Morgan fingerprint density at radius 3 is 2.57 bits per heavy atom. The van der Waals surface area contributed by atoms with Crippen LogP contribution in [0.15, 0.2) is 48.7 Å². The normalized spacial score (nSPS) is 11.9. The molecule has 0 aliphatic rings. The summed E-state index contributed by atoms with van der Waals surface area (Å²) in [7, 11) is 0. The molecule has 108 valence electrons. The van der Waals surface area contributed by atoms with E-state index in [0.29, 0.717) is 18.6 Å². The SMILES string of the molecule is CC(CC(=N)Cc1ccccc1)c1ccc([N+](=O)[O-])cn1. The number of nitro groups is 1. The van der Waals surface area contributed by atoms with Crippen LogP contribution < -0.4 is 0 Å². The van der Waals surface area contributed by atoms with Crippen molar-refractivity contribution in [2.24, 2.45) is 0 Å². The van der Waals surface area contributed by atoms with Gasteiger partial charge >= 0.3 is 0 Å². The lowest BCUT2D eigenvalue weighted by atomic mass is 9.96. The maximum Gasteiger partial charge on any atom is 0.287 e. The molecule has 0 aliphatic carbocycles. The van der Waals surface area contributed by atoms with Crippen LogP contribution in [0.2, 0.25) is 0 Å². The van der Waals surface area contributed by atoms with E-state index in [1.165, 1.54) is 12.3 Å². The van der Waals surface area contributed by atoms with Crippen molar-refractivity contribution in [2.45, 2.75) is 25.7 Å². The van der Waals surface area contributed by atoms with Crippen LogP contribution in [-0.2, 0) is 6.42 Å². The van der Waals surface area contributed by atoms with Crippen LogP contribution in [-0.4, -0.2) is 15.6 Å². The quantitative estimate of drug-likeness (QED) is 0.498. The van der Waals surface area contributed by atoms with E-state index in [1.54, 1.807) is 6.07 Å². The first-order valence-electron chi connectivity index (χ1n) is 6.77. The summed E-state index contributed by atoms with van der Waals surface area (Å²) in [6.45, 7) is 1.98. The van der Waals surface area contributed by atoms with E-state index in [0.717, 1.165) is 11.3 Å². The van der Waals surface area contributed by atoms with Gasteiger partial charge in [-0.2, -0.15) is 0 Å². The van der Waals surface area contributed by atoms with Gasteiger partial charge in [-0.25, -0.2) is 0 Å². The fourth-order valence-electron chi connectivity index (χ4n) is 2.19. The van der Waals surface area contributed by atoms with E-state index in [9.17, 15) is 10.1 Å². The number of rotatable bonds is 6. The Kier molecular flexibility index (Phi) is 4.77. The number of benzene rings is 1. The molecule has 1 heterocycles. The molecule has 1 atom stereocenters. The molecule has 21 heavy (non-hydrogen) atoms. The van der Waals surface area contributed by atoms with Gasteiger partial charge in [0.15, 0.2) is 0 Å². The molecule has 5 heteroatoms. The molecule has 1 aromatic heterocycles. The van der Waals surface area contributed by atoms with E-state index in [4.69, 9.17) is 5.41 Å². The first-order chi connectivity index (χ1) is 10.1. The van der Waals surface area contributed by atoms with Crippen LogP contribution >= 0.6 is 0 Å². The average Bonchev–Trinajstić information content (AvgIpc) is 2.48. The van der Waals surface area contributed by atoms with Crippen molar-refractivity contribution in [3.8, 4) is 0 Å². The van der Waals surface area contributed by atoms with Crippen molar-refractivity contribution >= 4 is 11.4 Å². The summed E-state index contributed by atoms with van der Waals surface area (Å²) >= 11 is 0. The third-order valence-electron chi connectivity index (χ3n) is 3.30. The molecule has 1 aromatic carbocycles. The summed E-state index contributed by atoms with van der Waals surface area (Å²) in [6.07, 6.45) is 2.49. The molecule has 2 rings (SSSR count). The second kappa shape index (κ2) is 6.74. The second-order valence-electron chi connectivity index (χ2n) is 5.07. The van der Waals surface area contributed by atoms with Crippen LogP contribution in [0.3, 0.4) is 0 Å². The maximum atomic E-state index is 10.6. The minimum absolute atomic E-state index is 0.00897. The fraction of sp³-hybridized carbons (Fsp3) is 0.250. The smallest absolute Gasteiger partial charge is 0.287 e. The van der Waals surface area contributed by atoms with Crippen LogP contribution in [0, 0.1) is 15.5 Å². The molecule has 0 aliphatic heterocycles. The zero-order valence-electron chi connectivity index (χ0n) is 11.8. The van der Waals surface area contributed by atoms with Crippen molar-refractivity contribution < 1.29 is 4.92 Å². The van der Waals surface area contributed by atoms with Gasteiger partial charge in [0.25, 0.3) is 5.69 Å². The van der Waals surface area contributed by atoms with Crippen molar-refractivity contribution in [1.29, 1.82) is 5.41 Å². The lowest BCUT2D eigenvalue weighted by molar-refractivity contribution is -0.385. The molecular formula is C16H17N3O2. The highest BCUT2D eigenvalue weighted by atomic mass is 16.6. The molecule has 0 saturated heterocycles. The molecule has 0 fully saturated rings. The van der Waals surface area contributed by atoms with E-state index in [2.05, 4.69) is 4.98 Å². The van der Waals surface area contributed by atoms with Crippen molar-refractivity contribution in [3.63, 3.8) is 0 Å². The average molecular weight is 283 g/mol. The van der Waals surface area contributed by atoms with Crippen LogP contribution in [0.1, 0.15) is 30.5 Å². The Balaban J connectivity index is 1.95. The topological polar surface area (TPSA) is 79.9 Å². The van der Waals surface area contributed by atoms with E-state index >= 15 is 0 Å². The largest absolute Gasteiger partial charge is 0.309 e. The second-order valence-corrected chi connectivity index (χ2v) is 5.07. The highest BCUT2D eigenvalue weighted by Crippen LogP contribution is 2.20. The molecule has 0 amide bonds. The third-order valence-corrected chi connectivity index (χ3v) is 3.30. The Labute approximate surface area is 123 Å². The van der Waals surface area contributed by atoms with Gasteiger partial charge in [0, 0.05) is 29.8 Å². The summed E-state index contributed by atoms with van der Waals surface area (Å²) < 4.78 is 0. The van der Waals surface area contributed by atoms with Gasteiger partial charge in [-0.15, -0.1) is 0 Å². The monoisotopic (exact) mass is 283 g/mol. The Morgan fingerprint density at radius 2 is 2.00 bits per heavy atom. The van der Waals surface area contributed by atoms with Crippen LogP contribution in [0.25, 0.3) is 0 Å². The summed E-state index contributed by atoms with van der Waals surface area (Å²) in [5.41, 5.74) is 2.52. The molecule has 1 unspecified atom stereocenters. The van der Waals surface area contributed by atoms with Crippen molar-refractivity contribution in [1.82, 2.24) is 4.98 Å². The molecule has 0 spiro atoms. The van der Waals surface area contributed by atoms with Gasteiger partial charge < -0.3 is 5.41 Å². The summed E-state index contributed by atoms with van der Waals surface area (Å²) in [6, 6.07) is 13.0. The van der Waals surface area contributed by atoms with Gasteiger partial charge in [0.1, 0.15) is 6.20 Å². The van der Waals surface area contributed by atoms with Gasteiger partial charge in [0.2, 0.25) is 0 Å². The molecule has 5 nitrogen and oxygen atoms in total. The minimum atomic E-state index is -0.459. The Bertz CT molecular complexity index is 624. The Hall–Kier alpha value is -2.56. The van der Waals surface area contributed by atoms with Gasteiger partial charge in [0.05, 0.1) is 4.92 Å². The molecule has 0 saturated carbocycles. The lowest BCUT2D eigenvalue weighted by Gasteiger charge is -2.11. The minimum Gasteiger partial charge on any atom is -0.309 e. The summed E-state index contributed by atoms with van der Waals surface area (Å²) in [4.78, 5) is 14.3. The molecule has 1 N–H and O–H groups in total. The predicted molar refractivity (Wildman–Crippen MR) is 81.8 cm³/mol. The van der Waals surface area contributed by atoms with Gasteiger partial charge in [-0.05, 0) is 18.1 Å². The van der Waals surface area contributed by atoms with E-state index in [1.807, 2.05) is 37.3 Å². The number of pyridine rings is 1. The van der Waals surface area contributed by atoms with E-state index < -0.39 is 4.92 Å². The maximum absolute atomic E-state index is 10.6. The zero-order chi connectivity index (χ0) is 15.2. The third kappa shape index (κ3) is 4.21. The molecule has 0 bridgehead atoms. The first kappa shape index (κ1) is 14.8. The predicted octanol–water partition coefficient (Wildman–Crippen LogP) is 3.75.